The summed E-state index contributed by atoms with van der Waals surface area (Å²) in [5, 5.41) is 32.7. The van der Waals surface area contributed by atoms with Crippen LogP contribution in [0.1, 0.15) is 155 Å². The number of rotatable bonds is 56. The standard InChI is InChI=1S/C50H92N2O17/c1-43(49(58)59)18-16-17-24-51-47(55)23-26-62-28-30-64-32-34-66-36-38-68-40-41-69-39-37-67-35-33-65-31-29-63-27-25-52-46(54)22-21-44(50(60)61)42-45(53)19-14-12-10-8-6-4-2-3-5-7-9-11-13-15-20-48(56)57/h43-44H,2-42H2,1H3,(H,51,55)(H,52,54)(H,56,57)(H,58,59)(H,60,61)/t43-,44+/m0/s1. The van der Waals surface area contributed by atoms with Crippen LogP contribution in [0.5, 0.6) is 0 Å². The van der Waals surface area contributed by atoms with Gasteiger partial charge < -0.3 is 63.8 Å². The second-order valence-corrected chi connectivity index (χ2v) is 17.2. The Morgan fingerprint density at radius 2 is 0.725 bits per heavy atom. The van der Waals surface area contributed by atoms with Gasteiger partial charge in [0, 0.05) is 45.2 Å². The maximum Gasteiger partial charge on any atom is 0.306 e. The van der Waals surface area contributed by atoms with E-state index in [2.05, 4.69) is 10.6 Å². The molecule has 0 aliphatic carbocycles. The minimum absolute atomic E-state index is 0.0313. The smallest absolute Gasteiger partial charge is 0.306 e. The Hall–Kier alpha value is -3.30. The molecule has 5 N–H and O–H groups in total. The van der Waals surface area contributed by atoms with Gasteiger partial charge in [-0.15, -0.1) is 0 Å². The van der Waals surface area contributed by atoms with Crippen LogP contribution in [0.2, 0.25) is 0 Å². The molecule has 0 radical (unpaired) electrons. The van der Waals surface area contributed by atoms with Crippen LogP contribution in [-0.4, -0.2) is 170 Å². The first-order valence-electron chi connectivity index (χ1n) is 25.9. The van der Waals surface area contributed by atoms with E-state index in [1.54, 1.807) is 6.92 Å². The Balaban J connectivity index is 3.45. The van der Waals surface area contributed by atoms with E-state index in [0.29, 0.717) is 132 Å². The number of carbonyl (C=O) groups is 6. The zero-order chi connectivity index (χ0) is 50.7. The molecule has 0 fully saturated rings. The molecule has 0 saturated heterocycles. The summed E-state index contributed by atoms with van der Waals surface area (Å²) in [6, 6.07) is 0. The molecule has 19 heteroatoms. The predicted molar refractivity (Wildman–Crippen MR) is 259 cm³/mol. The van der Waals surface area contributed by atoms with Crippen LogP contribution in [0.3, 0.4) is 0 Å². The number of carboxylic acids is 3. The Bertz CT molecular complexity index is 1260. The van der Waals surface area contributed by atoms with E-state index in [9.17, 15) is 33.9 Å². The summed E-state index contributed by atoms with van der Waals surface area (Å²) in [7, 11) is 0. The van der Waals surface area contributed by atoms with Crippen molar-refractivity contribution in [3.05, 3.63) is 0 Å². The lowest BCUT2D eigenvalue weighted by atomic mass is 9.94. The highest BCUT2D eigenvalue weighted by molar-refractivity contribution is 5.84. The third-order valence-electron chi connectivity index (χ3n) is 11.1. The summed E-state index contributed by atoms with van der Waals surface area (Å²) in [6.45, 7) is 8.90. The van der Waals surface area contributed by atoms with Crippen molar-refractivity contribution >= 4 is 35.5 Å². The Labute approximate surface area is 412 Å². The fraction of sp³-hybridized carbons (Fsp3) is 0.880. The fourth-order valence-corrected chi connectivity index (χ4v) is 6.89. The van der Waals surface area contributed by atoms with Crippen molar-refractivity contribution < 1.29 is 82.0 Å². The van der Waals surface area contributed by atoms with Gasteiger partial charge in [-0.2, -0.15) is 0 Å². The predicted octanol–water partition coefficient (Wildman–Crippen LogP) is 6.40. The molecule has 404 valence electrons. The first-order valence-corrected chi connectivity index (χ1v) is 25.9. The third-order valence-corrected chi connectivity index (χ3v) is 11.1. The molecule has 0 aromatic carbocycles. The molecule has 0 aromatic rings. The second-order valence-electron chi connectivity index (χ2n) is 17.2. The first-order chi connectivity index (χ1) is 33.5. The highest BCUT2D eigenvalue weighted by Gasteiger charge is 2.22. The topological polar surface area (TPSA) is 261 Å². The molecule has 0 aromatic heterocycles. The van der Waals surface area contributed by atoms with E-state index in [1.165, 1.54) is 44.9 Å². The maximum absolute atomic E-state index is 12.5. The zero-order valence-corrected chi connectivity index (χ0v) is 42.2. The second kappa shape index (κ2) is 51.1. The molecule has 0 heterocycles. The molecule has 0 aliphatic rings. The van der Waals surface area contributed by atoms with Crippen molar-refractivity contribution in [1.82, 2.24) is 10.6 Å². The number of amides is 2. The molecule has 0 rings (SSSR count). The largest absolute Gasteiger partial charge is 0.481 e. The van der Waals surface area contributed by atoms with Crippen molar-refractivity contribution in [3.8, 4) is 0 Å². The molecular formula is C50H92N2O17. The van der Waals surface area contributed by atoms with Crippen LogP contribution in [0, 0.1) is 11.8 Å². The average molecular weight is 993 g/mol. The van der Waals surface area contributed by atoms with Crippen molar-refractivity contribution in [2.75, 3.05) is 119 Å². The van der Waals surface area contributed by atoms with E-state index >= 15 is 0 Å². The highest BCUT2D eigenvalue weighted by atomic mass is 16.6. The molecule has 0 aliphatic heterocycles. The molecule has 19 nitrogen and oxygen atoms in total. The van der Waals surface area contributed by atoms with E-state index in [-0.39, 0.29) is 55.6 Å². The number of ketones is 1. The summed E-state index contributed by atoms with van der Waals surface area (Å²) < 4.78 is 43.7. The van der Waals surface area contributed by atoms with Gasteiger partial charge in [-0.05, 0) is 32.1 Å². The number of Topliss-reactive ketones (excluding diaryl/α,β-unsaturated/α-hetero) is 1. The van der Waals surface area contributed by atoms with Gasteiger partial charge >= 0.3 is 17.9 Å². The van der Waals surface area contributed by atoms with Crippen LogP contribution in [0.15, 0.2) is 0 Å². The minimum Gasteiger partial charge on any atom is -0.481 e. The summed E-state index contributed by atoms with van der Waals surface area (Å²) in [4.78, 5) is 69.6. The highest BCUT2D eigenvalue weighted by Crippen LogP contribution is 2.17. The van der Waals surface area contributed by atoms with Crippen LogP contribution in [-0.2, 0) is 66.7 Å². The number of nitrogens with one attached hydrogen (secondary N) is 2. The maximum atomic E-state index is 12.5. The lowest BCUT2D eigenvalue weighted by molar-refractivity contribution is -0.144. The SMILES string of the molecule is C[C@@H](CCCCNC(=O)CCOCCOCCOCCOCCOCCOCCOCCOCCNC(=O)CC[C@H](CC(=O)CCCCCCCCCCCCCCCCC(=O)O)C(=O)O)C(=O)O. The molecule has 2 amide bonds. The molecule has 0 spiro atoms. The van der Waals surface area contributed by atoms with Gasteiger partial charge in [0.05, 0.1) is 118 Å². The fourth-order valence-electron chi connectivity index (χ4n) is 6.89. The minimum atomic E-state index is -1.05. The van der Waals surface area contributed by atoms with Crippen molar-refractivity contribution in [2.45, 2.75) is 155 Å². The number of hydrogen-bond acceptors (Lipinski definition) is 14. The summed E-state index contributed by atoms with van der Waals surface area (Å²) in [5.74, 6) is -4.21. The van der Waals surface area contributed by atoms with E-state index in [0.717, 1.165) is 57.8 Å². The van der Waals surface area contributed by atoms with Gasteiger partial charge in [-0.1, -0.05) is 90.4 Å². The lowest BCUT2D eigenvalue weighted by Crippen LogP contribution is -2.29. The average Bonchev–Trinajstić information content (AvgIpc) is 3.31. The Kier molecular flexibility index (Phi) is 48.6. The Morgan fingerprint density at radius 1 is 0.362 bits per heavy atom. The van der Waals surface area contributed by atoms with E-state index in [1.807, 2.05) is 0 Å². The molecule has 0 saturated carbocycles. The van der Waals surface area contributed by atoms with Gasteiger partial charge in [0.15, 0.2) is 0 Å². The summed E-state index contributed by atoms with van der Waals surface area (Å²) >= 11 is 0. The van der Waals surface area contributed by atoms with Gasteiger partial charge in [-0.3, -0.25) is 28.8 Å². The van der Waals surface area contributed by atoms with Crippen LogP contribution in [0.25, 0.3) is 0 Å². The monoisotopic (exact) mass is 993 g/mol. The number of unbranched alkanes of at least 4 members (excludes halogenated alkanes) is 14. The van der Waals surface area contributed by atoms with Crippen molar-refractivity contribution in [1.29, 1.82) is 0 Å². The van der Waals surface area contributed by atoms with Crippen LogP contribution >= 0.6 is 0 Å². The van der Waals surface area contributed by atoms with Gasteiger partial charge in [0.2, 0.25) is 11.8 Å². The number of carbonyl (C=O) groups excluding carboxylic acids is 3. The van der Waals surface area contributed by atoms with Crippen molar-refractivity contribution in [3.63, 3.8) is 0 Å². The van der Waals surface area contributed by atoms with Gasteiger partial charge in [0.25, 0.3) is 0 Å². The number of hydrogen-bond donors (Lipinski definition) is 5. The van der Waals surface area contributed by atoms with Crippen molar-refractivity contribution in [2.24, 2.45) is 11.8 Å². The molecule has 0 bridgehead atoms. The van der Waals surface area contributed by atoms with E-state index < -0.39 is 23.8 Å². The third kappa shape index (κ3) is 50.9. The molecule has 0 unspecified atom stereocenters. The zero-order valence-electron chi connectivity index (χ0n) is 42.2. The summed E-state index contributed by atoms with van der Waals surface area (Å²) in [5.41, 5.74) is 0. The Morgan fingerprint density at radius 3 is 1.13 bits per heavy atom. The number of carboxylic acid groups (broad SMARTS) is 3. The van der Waals surface area contributed by atoms with Crippen LogP contribution in [0.4, 0.5) is 0 Å². The summed E-state index contributed by atoms with van der Waals surface area (Å²) in [6.07, 6.45) is 18.5. The molecule has 2 atom stereocenters. The number of aliphatic carboxylic acids is 3. The molecule has 69 heavy (non-hydrogen) atoms. The first kappa shape index (κ1) is 65.7. The van der Waals surface area contributed by atoms with Gasteiger partial charge in [-0.25, -0.2) is 0 Å². The quantitative estimate of drug-likeness (QED) is 0.0413. The van der Waals surface area contributed by atoms with E-state index in [4.69, 9.17) is 48.1 Å². The normalized spacial score (nSPS) is 12.2. The lowest BCUT2D eigenvalue weighted by Gasteiger charge is -2.12. The van der Waals surface area contributed by atoms with Crippen LogP contribution < -0.4 is 10.6 Å². The van der Waals surface area contributed by atoms with Gasteiger partial charge in [0.1, 0.15) is 5.78 Å². The number of ether oxygens (including phenoxy) is 8. The molecular weight excluding hydrogens is 901 g/mol.